The minimum absolute atomic E-state index is 0.0147. The molecule has 3 nitrogen and oxygen atoms in total. The van der Waals surface area contributed by atoms with Gasteiger partial charge in [-0.15, -0.1) is 11.3 Å². The highest BCUT2D eigenvalue weighted by atomic mass is 32.1. The summed E-state index contributed by atoms with van der Waals surface area (Å²) in [5, 5.41) is 2.05. The molecule has 23 heavy (non-hydrogen) atoms. The molecule has 1 unspecified atom stereocenters. The van der Waals surface area contributed by atoms with Gasteiger partial charge in [0.05, 0.1) is 0 Å². The van der Waals surface area contributed by atoms with Gasteiger partial charge in [-0.3, -0.25) is 9.59 Å². The van der Waals surface area contributed by atoms with Crippen molar-refractivity contribution in [1.82, 2.24) is 4.90 Å². The zero-order valence-electron chi connectivity index (χ0n) is 12.9. The number of nitrogens with zero attached hydrogens (tertiary/aromatic N) is 1. The number of halogens is 1. The summed E-state index contributed by atoms with van der Waals surface area (Å²) in [5.74, 6) is -1.09. The van der Waals surface area contributed by atoms with Gasteiger partial charge in [-0.05, 0) is 35.6 Å². The summed E-state index contributed by atoms with van der Waals surface area (Å²) >= 11 is 1.73. The zero-order chi connectivity index (χ0) is 16.4. The predicted molar refractivity (Wildman–Crippen MR) is 88.0 cm³/mol. The van der Waals surface area contributed by atoms with Crippen molar-refractivity contribution < 1.29 is 14.0 Å². The summed E-state index contributed by atoms with van der Waals surface area (Å²) in [6.45, 7) is 3.05. The van der Waals surface area contributed by atoms with E-state index in [9.17, 15) is 14.0 Å². The Bertz CT molecular complexity index is 740. The Morgan fingerprint density at radius 1 is 1.35 bits per heavy atom. The summed E-state index contributed by atoms with van der Waals surface area (Å²) < 4.78 is 13.2. The van der Waals surface area contributed by atoms with E-state index in [4.69, 9.17) is 0 Å². The number of hydrogen-bond donors (Lipinski definition) is 0. The van der Waals surface area contributed by atoms with Crippen molar-refractivity contribution in [2.24, 2.45) is 5.92 Å². The molecule has 2 heterocycles. The van der Waals surface area contributed by atoms with Crippen LogP contribution in [0, 0.1) is 11.7 Å². The highest BCUT2D eigenvalue weighted by Gasteiger charge is 2.25. The van der Waals surface area contributed by atoms with Crippen LogP contribution in [0.15, 0.2) is 35.7 Å². The molecule has 1 aromatic heterocycles. The van der Waals surface area contributed by atoms with Crippen molar-refractivity contribution in [3.63, 3.8) is 0 Å². The molecule has 1 amide bonds. The molecule has 0 N–H and O–H groups in total. The van der Waals surface area contributed by atoms with Crippen LogP contribution in [0.1, 0.15) is 34.1 Å². The van der Waals surface area contributed by atoms with E-state index in [2.05, 4.69) is 11.4 Å². The predicted octanol–water partition coefficient (Wildman–Crippen LogP) is 3.68. The van der Waals surface area contributed by atoms with Crippen LogP contribution in [0.3, 0.4) is 0 Å². The number of ketones is 1. The number of benzene rings is 1. The van der Waals surface area contributed by atoms with E-state index in [0.29, 0.717) is 18.7 Å². The van der Waals surface area contributed by atoms with Crippen molar-refractivity contribution >= 4 is 23.0 Å². The first kappa shape index (κ1) is 15.9. The maximum Gasteiger partial charge on any atom is 0.223 e. The van der Waals surface area contributed by atoms with Crippen LogP contribution in [-0.4, -0.2) is 23.1 Å². The number of rotatable bonds is 4. The normalized spacial score (nSPS) is 15.1. The fraction of sp³-hybridized carbons (Fsp3) is 0.333. The van der Waals surface area contributed by atoms with Gasteiger partial charge in [0.15, 0.2) is 5.78 Å². The fourth-order valence-electron chi connectivity index (χ4n) is 2.87. The lowest BCUT2D eigenvalue weighted by Crippen LogP contribution is -2.36. The van der Waals surface area contributed by atoms with Crippen LogP contribution in [0.25, 0.3) is 0 Å². The van der Waals surface area contributed by atoms with Crippen molar-refractivity contribution in [1.29, 1.82) is 0 Å². The third-order valence-electron chi connectivity index (χ3n) is 4.20. The summed E-state index contributed by atoms with van der Waals surface area (Å²) in [4.78, 5) is 27.9. The van der Waals surface area contributed by atoms with E-state index < -0.39 is 11.7 Å². The summed E-state index contributed by atoms with van der Waals surface area (Å²) in [7, 11) is 0. The van der Waals surface area contributed by atoms with Crippen LogP contribution in [0.5, 0.6) is 0 Å². The van der Waals surface area contributed by atoms with E-state index in [-0.39, 0.29) is 18.1 Å². The topological polar surface area (TPSA) is 37.4 Å². The van der Waals surface area contributed by atoms with E-state index in [0.717, 1.165) is 6.42 Å². The van der Waals surface area contributed by atoms with Gasteiger partial charge >= 0.3 is 0 Å². The second-order valence-corrected chi connectivity index (χ2v) is 6.91. The zero-order valence-corrected chi connectivity index (χ0v) is 13.7. The van der Waals surface area contributed by atoms with Crippen molar-refractivity contribution in [2.45, 2.75) is 26.3 Å². The van der Waals surface area contributed by atoms with E-state index in [1.165, 1.54) is 28.6 Å². The minimum Gasteiger partial charge on any atom is -0.338 e. The number of hydrogen-bond acceptors (Lipinski definition) is 3. The molecule has 1 atom stereocenters. The molecule has 1 aromatic carbocycles. The molecule has 0 fully saturated rings. The molecule has 5 heteroatoms. The van der Waals surface area contributed by atoms with E-state index in [1.807, 2.05) is 4.90 Å². The molecular weight excluding hydrogens is 313 g/mol. The van der Waals surface area contributed by atoms with Gasteiger partial charge < -0.3 is 4.90 Å². The molecule has 2 aromatic rings. The second-order valence-electron chi connectivity index (χ2n) is 5.91. The van der Waals surface area contributed by atoms with Gasteiger partial charge in [0.1, 0.15) is 5.82 Å². The smallest absolute Gasteiger partial charge is 0.223 e. The first-order chi connectivity index (χ1) is 11.0. The van der Waals surface area contributed by atoms with Gasteiger partial charge in [0.2, 0.25) is 5.91 Å². The number of amides is 1. The number of carbonyl (C=O) groups excluding carboxylic acids is 2. The first-order valence-corrected chi connectivity index (χ1v) is 8.55. The lowest BCUT2D eigenvalue weighted by Gasteiger charge is -2.28. The van der Waals surface area contributed by atoms with Crippen LogP contribution in [0.2, 0.25) is 0 Å². The Hall–Kier alpha value is -2.01. The van der Waals surface area contributed by atoms with E-state index in [1.54, 1.807) is 24.3 Å². The Morgan fingerprint density at radius 2 is 2.17 bits per heavy atom. The molecule has 0 saturated heterocycles. The summed E-state index contributed by atoms with van der Waals surface area (Å²) in [6.07, 6.45) is 1.04. The molecule has 0 radical (unpaired) electrons. The molecule has 1 aliphatic rings. The fourth-order valence-corrected chi connectivity index (χ4v) is 3.76. The van der Waals surface area contributed by atoms with Gasteiger partial charge in [0, 0.05) is 35.9 Å². The number of Topliss-reactive ketones (excluding diaryl/α,β-unsaturated/α-hetero) is 1. The molecule has 3 rings (SSSR count). The Balaban J connectivity index is 1.62. The van der Waals surface area contributed by atoms with Gasteiger partial charge in [-0.25, -0.2) is 4.39 Å². The molecule has 120 valence electrons. The molecule has 0 spiro atoms. The maximum absolute atomic E-state index is 13.2. The highest BCUT2D eigenvalue weighted by Crippen LogP contribution is 2.25. The lowest BCUT2D eigenvalue weighted by molar-refractivity contribution is -0.132. The monoisotopic (exact) mass is 331 g/mol. The van der Waals surface area contributed by atoms with Crippen LogP contribution >= 0.6 is 11.3 Å². The lowest BCUT2D eigenvalue weighted by atomic mass is 9.95. The molecule has 0 bridgehead atoms. The van der Waals surface area contributed by atoms with Crippen molar-refractivity contribution in [3.05, 3.63) is 57.5 Å². The number of fused-ring (bicyclic) bond motifs is 1. The Kier molecular flexibility index (Phi) is 4.57. The SMILES string of the molecule is CC(CC(=O)N1CCc2sccc2C1)C(=O)c1cccc(F)c1. The average molecular weight is 331 g/mol. The minimum atomic E-state index is -0.451. The molecule has 0 saturated carbocycles. The van der Waals surface area contributed by atoms with Crippen LogP contribution in [-0.2, 0) is 17.8 Å². The number of thiophene rings is 1. The Labute approximate surface area is 138 Å². The van der Waals surface area contributed by atoms with Crippen LogP contribution < -0.4 is 0 Å². The first-order valence-electron chi connectivity index (χ1n) is 7.67. The van der Waals surface area contributed by atoms with Gasteiger partial charge in [-0.2, -0.15) is 0 Å². The standard InChI is InChI=1S/C18H18FNO2S/c1-12(18(22)13-3-2-4-15(19)10-13)9-17(21)20-7-5-16-14(11-20)6-8-23-16/h2-4,6,8,10,12H,5,7,9,11H2,1H3. The van der Waals surface area contributed by atoms with Gasteiger partial charge in [0.25, 0.3) is 0 Å². The summed E-state index contributed by atoms with van der Waals surface area (Å²) in [6, 6.07) is 7.69. The molecule has 0 aliphatic carbocycles. The molecular formula is C18H18FNO2S. The van der Waals surface area contributed by atoms with Gasteiger partial charge in [-0.1, -0.05) is 19.1 Å². The van der Waals surface area contributed by atoms with Crippen molar-refractivity contribution in [3.8, 4) is 0 Å². The summed E-state index contributed by atoms with van der Waals surface area (Å²) in [5.41, 5.74) is 1.53. The third kappa shape index (κ3) is 3.50. The molecule has 1 aliphatic heterocycles. The third-order valence-corrected chi connectivity index (χ3v) is 5.22. The second kappa shape index (κ2) is 6.62. The van der Waals surface area contributed by atoms with Crippen molar-refractivity contribution in [2.75, 3.05) is 6.54 Å². The average Bonchev–Trinajstić information content (AvgIpc) is 3.01. The van der Waals surface area contributed by atoms with Crippen LogP contribution in [0.4, 0.5) is 4.39 Å². The van der Waals surface area contributed by atoms with E-state index >= 15 is 0 Å². The largest absolute Gasteiger partial charge is 0.338 e. The Morgan fingerprint density at radius 3 is 2.96 bits per heavy atom. The maximum atomic E-state index is 13.2. The number of carbonyl (C=O) groups is 2. The highest BCUT2D eigenvalue weighted by molar-refractivity contribution is 7.10. The quantitative estimate of drug-likeness (QED) is 0.802.